The number of nitrogens with zero attached hydrogens (tertiary/aromatic N) is 1. The standard InChI is InChI=1S/C15H28N2O2/c1-4-19-15(18)8-12-7-14(16-13-5-6-13)10-17(9-12)11(2)3/h11-14,16H,4-10H2,1-3H3. The molecule has 2 unspecified atom stereocenters. The van der Waals surface area contributed by atoms with Crippen molar-refractivity contribution in [3.05, 3.63) is 0 Å². The summed E-state index contributed by atoms with van der Waals surface area (Å²) in [6.07, 6.45) is 4.32. The van der Waals surface area contributed by atoms with Gasteiger partial charge in [-0.1, -0.05) is 0 Å². The lowest BCUT2D eigenvalue weighted by Gasteiger charge is -2.40. The summed E-state index contributed by atoms with van der Waals surface area (Å²) >= 11 is 0. The maximum absolute atomic E-state index is 11.7. The van der Waals surface area contributed by atoms with E-state index in [0.29, 0.717) is 31.0 Å². The fourth-order valence-electron chi connectivity index (χ4n) is 2.97. The summed E-state index contributed by atoms with van der Waals surface area (Å²) in [5.74, 6) is 0.398. The lowest BCUT2D eigenvalue weighted by atomic mass is 9.90. The SMILES string of the molecule is CCOC(=O)CC1CC(NC2CC2)CN(C(C)C)C1. The molecule has 1 aliphatic carbocycles. The van der Waals surface area contributed by atoms with E-state index < -0.39 is 0 Å². The van der Waals surface area contributed by atoms with Crippen LogP contribution in [-0.4, -0.2) is 48.7 Å². The van der Waals surface area contributed by atoms with Crippen molar-refractivity contribution >= 4 is 5.97 Å². The van der Waals surface area contributed by atoms with E-state index in [1.54, 1.807) is 0 Å². The van der Waals surface area contributed by atoms with Gasteiger partial charge in [0, 0.05) is 37.6 Å². The number of hydrogen-bond acceptors (Lipinski definition) is 4. The lowest BCUT2D eigenvalue weighted by molar-refractivity contribution is -0.144. The van der Waals surface area contributed by atoms with Gasteiger partial charge in [-0.15, -0.1) is 0 Å². The maximum Gasteiger partial charge on any atom is 0.306 e. The Labute approximate surface area is 116 Å². The van der Waals surface area contributed by atoms with Crippen LogP contribution in [0, 0.1) is 5.92 Å². The highest BCUT2D eigenvalue weighted by Crippen LogP contribution is 2.26. The molecule has 1 saturated carbocycles. The summed E-state index contributed by atoms with van der Waals surface area (Å²) in [6.45, 7) is 8.98. The Kier molecular flexibility index (Phi) is 5.22. The van der Waals surface area contributed by atoms with E-state index >= 15 is 0 Å². The van der Waals surface area contributed by atoms with Gasteiger partial charge in [-0.25, -0.2) is 0 Å². The molecule has 110 valence electrons. The molecule has 0 aromatic rings. The smallest absolute Gasteiger partial charge is 0.306 e. The first kappa shape index (κ1) is 14.8. The van der Waals surface area contributed by atoms with Crippen LogP contribution in [0.5, 0.6) is 0 Å². The fraction of sp³-hybridized carbons (Fsp3) is 0.933. The van der Waals surface area contributed by atoms with Crippen molar-refractivity contribution in [1.82, 2.24) is 10.2 Å². The average Bonchev–Trinajstić information content (AvgIpc) is 3.12. The molecule has 0 amide bonds. The second kappa shape index (κ2) is 6.71. The molecule has 2 atom stereocenters. The monoisotopic (exact) mass is 268 g/mol. The summed E-state index contributed by atoms with van der Waals surface area (Å²) in [7, 11) is 0. The van der Waals surface area contributed by atoms with Gasteiger partial charge in [0.25, 0.3) is 0 Å². The molecule has 4 heteroatoms. The molecule has 2 rings (SSSR count). The Morgan fingerprint density at radius 2 is 2.05 bits per heavy atom. The quantitative estimate of drug-likeness (QED) is 0.746. The number of nitrogens with one attached hydrogen (secondary N) is 1. The van der Waals surface area contributed by atoms with Crippen LogP contribution in [0.1, 0.15) is 46.5 Å². The Hall–Kier alpha value is -0.610. The van der Waals surface area contributed by atoms with Gasteiger partial charge in [0.1, 0.15) is 0 Å². The van der Waals surface area contributed by atoms with Crippen LogP contribution in [0.15, 0.2) is 0 Å². The summed E-state index contributed by atoms with van der Waals surface area (Å²) in [5.41, 5.74) is 0. The summed E-state index contributed by atoms with van der Waals surface area (Å²) < 4.78 is 5.09. The van der Waals surface area contributed by atoms with Gasteiger partial charge in [-0.2, -0.15) is 0 Å². The number of carbonyl (C=O) groups excluding carboxylic acids is 1. The first-order valence-corrected chi connectivity index (χ1v) is 7.74. The zero-order chi connectivity index (χ0) is 13.8. The number of piperidine rings is 1. The van der Waals surface area contributed by atoms with Gasteiger partial charge in [-0.05, 0) is 46.0 Å². The van der Waals surface area contributed by atoms with Crippen LogP contribution in [0.25, 0.3) is 0 Å². The number of rotatable bonds is 6. The molecule has 0 aromatic heterocycles. The van der Waals surface area contributed by atoms with Crippen molar-refractivity contribution in [2.75, 3.05) is 19.7 Å². The Balaban J connectivity index is 1.87. The maximum atomic E-state index is 11.7. The summed E-state index contributed by atoms with van der Waals surface area (Å²) in [6, 6.07) is 1.83. The molecular formula is C15H28N2O2. The van der Waals surface area contributed by atoms with Crippen LogP contribution >= 0.6 is 0 Å². The summed E-state index contributed by atoms with van der Waals surface area (Å²) in [5, 5.41) is 3.72. The largest absolute Gasteiger partial charge is 0.466 e. The van der Waals surface area contributed by atoms with Crippen LogP contribution in [0.4, 0.5) is 0 Å². The van der Waals surface area contributed by atoms with Crippen molar-refractivity contribution in [1.29, 1.82) is 0 Å². The number of esters is 1. The molecule has 0 radical (unpaired) electrons. The molecule has 0 aromatic carbocycles. The predicted octanol–water partition coefficient (Wildman–Crippen LogP) is 1.79. The Morgan fingerprint density at radius 1 is 1.32 bits per heavy atom. The first-order chi connectivity index (χ1) is 9.08. The van der Waals surface area contributed by atoms with E-state index in [2.05, 4.69) is 24.1 Å². The number of likely N-dealkylation sites (tertiary alicyclic amines) is 1. The van der Waals surface area contributed by atoms with E-state index in [1.807, 2.05) is 6.92 Å². The molecule has 1 saturated heterocycles. The highest BCUT2D eigenvalue weighted by molar-refractivity contribution is 5.69. The van der Waals surface area contributed by atoms with Gasteiger partial charge in [0.05, 0.1) is 6.61 Å². The minimum atomic E-state index is -0.0386. The van der Waals surface area contributed by atoms with Crippen LogP contribution < -0.4 is 5.32 Å². The van der Waals surface area contributed by atoms with Crippen LogP contribution in [0.3, 0.4) is 0 Å². The van der Waals surface area contributed by atoms with Gasteiger partial charge < -0.3 is 10.1 Å². The van der Waals surface area contributed by atoms with E-state index in [1.165, 1.54) is 12.8 Å². The second-order valence-corrected chi connectivity index (χ2v) is 6.30. The minimum absolute atomic E-state index is 0.0386. The molecule has 0 spiro atoms. The van der Waals surface area contributed by atoms with E-state index in [0.717, 1.165) is 25.6 Å². The van der Waals surface area contributed by atoms with Crippen molar-refractivity contribution in [2.24, 2.45) is 5.92 Å². The molecule has 4 nitrogen and oxygen atoms in total. The first-order valence-electron chi connectivity index (χ1n) is 7.74. The molecule has 2 aliphatic rings. The van der Waals surface area contributed by atoms with Gasteiger partial charge in [0.2, 0.25) is 0 Å². The number of hydrogen-bond donors (Lipinski definition) is 1. The third-order valence-electron chi connectivity index (χ3n) is 4.11. The highest BCUT2D eigenvalue weighted by Gasteiger charge is 2.33. The fourth-order valence-corrected chi connectivity index (χ4v) is 2.97. The van der Waals surface area contributed by atoms with Crippen molar-refractivity contribution in [2.45, 2.75) is 64.6 Å². The zero-order valence-corrected chi connectivity index (χ0v) is 12.5. The van der Waals surface area contributed by atoms with Gasteiger partial charge in [0.15, 0.2) is 0 Å². The average molecular weight is 268 g/mol. The third kappa shape index (κ3) is 4.77. The zero-order valence-electron chi connectivity index (χ0n) is 12.5. The Morgan fingerprint density at radius 3 is 2.63 bits per heavy atom. The lowest BCUT2D eigenvalue weighted by Crippen LogP contribution is -2.52. The van der Waals surface area contributed by atoms with E-state index in [4.69, 9.17) is 4.74 Å². The number of carbonyl (C=O) groups is 1. The topological polar surface area (TPSA) is 41.6 Å². The minimum Gasteiger partial charge on any atom is -0.466 e. The third-order valence-corrected chi connectivity index (χ3v) is 4.11. The second-order valence-electron chi connectivity index (χ2n) is 6.30. The van der Waals surface area contributed by atoms with Crippen molar-refractivity contribution in [3.63, 3.8) is 0 Å². The Bertz CT molecular complexity index is 303. The molecule has 1 N–H and O–H groups in total. The van der Waals surface area contributed by atoms with Crippen molar-refractivity contribution in [3.8, 4) is 0 Å². The van der Waals surface area contributed by atoms with E-state index in [9.17, 15) is 4.79 Å². The highest BCUT2D eigenvalue weighted by atomic mass is 16.5. The van der Waals surface area contributed by atoms with Crippen LogP contribution in [-0.2, 0) is 9.53 Å². The molecule has 1 heterocycles. The van der Waals surface area contributed by atoms with E-state index in [-0.39, 0.29) is 5.97 Å². The molecular weight excluding hydrogens is 240 g/mol. The van der Waals surface area contributed by atoms with Crippen molar-refractivity contribution < 1.29 is 9.53 Å². The van der Waals surface area contributed by atoms with Gasteiger partial charge >= 0.3 is 5.97 Å². The molecule has 2 fully saturated rings. The normalized spacial score (nSPS) is 28.6. The van der Waals surface area contributed by atoms with Crippen LogP contribution in [0.2, 0.25) is 0 Å². The predicted molar refractivity (Wildman–Crippen MR) is 76.0 cm³/mol. The number of ether oxygens (including phenoxy) is 1. The molecule has 1 aliphatic heterocycles. The summed E-state index contributed by atoms with van der Waals surface area (Å²) in [4.78, 5) is 14.2. The van der Waals surface area contributed by atoms with Gasteiger partial charge in [-0.3, -0.25) is 9.69 Å². The molecule has 0 bridgehead atoms. The molecule has 19 heavy (non-hydrogen) atoms.